The molecule has 0 atom stereocenters. The van der Waals surface area contributed by atoms with E-state index in [0.717, 1.165) is 0 Å². The molecule has 4 amide bonds. The number of alkyl halides is 6. The first-order valence-electron chi connectivity index (χ1n) is 12.2. The lowest BCUT2D eigenvalue weighted by Gasteiger charge is -2.09. The molecule has 0 aliphatic rings. The van der Waals surface area contributed by atoms with Crippen molar-refractivity contribution in [3.8, 4) is 0 Å². The zero-order valence-electron chi connectivity index (χ0n) is 22.2. The predicted octanol–water partition coefficient (Wildman–Crippen LogP) is 4.63. The highest BCUT2D eigenvalue weighted by Crippen LogP contribution is 2.20. The lowest BCUT2D eigenvalue weighted by Crippen LogP contribution is -2.30. The zero-order chi connectivity index (χ0) is 31.5. The van der Waals surface area contributed by atoms with Crippen molar-refractivity contribution in [1.29, 1.82) is 0 Å². The molecule has 2 rings (SSSR count). The first kappa shape index (κ1) is 33.4. The van der Waals surface area contributed by atoms with Gasteiger partial charge in [0.2, 0.25) is 11.8 Å². The molecule has 0 saturated heterocycles. The Hall–Kier alpha value is -4.76. The Morgan fingerprint density at radius 1 is 0.643 bits per heavy atom. The third-order valence-electron chi connectivity index (χ3n) is 5.35. The molecule has 0 aliphatic heterocycles. The molecule has 0 radical (unpaired) electrons. The number of carbonyl (C=O) groups is 4. The molecule has 2 aromatic carbocycles. The number of amides is 4. The summed E-state index contributed by atoms with van der Waals surface area (Å²) in [6.45, 7) is 3.01. The van der Waals surface area contributed by atoms with Crippen LogP contribution in [0.2, 0.25) is 0 Å². The van der Waals surface area contributed by atoms with Gasteiger partial charge in [-0.05, 0) is 62.1 Å². The van der Waals surface area contributed by atoms with Crippen LogP contribution in [0.4, 0.5) is 37.7 Å². The number of carbonyl (C=O) groups excluding carboxylic acids is 4. The molecule has 0 spiro atoms. The number of hydrazone groups is 2. The summed E-state index contributed by atoms with van der Waals surface area (Å²) < 4.78 is 74.6. The van der Waals surface area contributed by atoms with E-state index in [1.165, 1.54) is 62.4 Å². The van der Waals surface area contributed by atoms with Gasteiger partial charge in [0, 0.05) is 24.2 Å². The fourth-order valence-corrected chi connectivity index (χ4v) is 3.15. The van der Waals surface area contributed by atoms with Crippen molar-refractivity contribution < 1.29 is 45.5 Å². The second-order valence-electron chi connectivity index (χ2n) is 8.74. The third kappa shape index (κ3) is 11.4. The van der Waals surface area contributed by atoms with Crippen LogP contribution < -0.4 is 21.5 Å². The molecule has 0 aromatic heterocycles. The second kappa shape index (κ2) is 14.7. The molecular formula is C26H26F6N6O4. The summed E-state index contributed by atoms with van der Waals surface area (Å²) in [6, 6.07) is 10.9. The third-order valence-corrected chi connectivity index (χ3v) is 5.35. The summed E-state index contributed by atoms with van der Waals surface area (Å²) in [6.07, 6.45) is -9.42. The SMILES string of the molecule is CC(=NNC(=O)CCCCC(=O)NN=C(C)c1cccc(NC(=O)C(F)(F)F)c1)c1cccc(NC(=O)C(F)(F)F)c1. The van der Waals surface area contributed by atoms with Crippen LogP contribution in [0.5, 0.6) is 0 Å². The summed E-state index contributed by atoms with van der Waals surface area (Å²) in [7, 11) is 0. The zero-order valence-corrected chi connectivity index (χ0v) is 22.2. The summed E-state index contributed by atoms with van der Waals surface area (Å²) in [4.78, 5) is 46.3. The van der Waals surface area contributed by atoms with Crippen LogP contribution in [-0.2, 0) is 19.2 Å². The molecule has 0 bridgehead atoms. The summed E-state index contributed by atoms with van der Waals surface area (Å²) in [5.41, 5.74) is 5.68. The van der Waals surface area contributed by atoms with E-state index in [4.69, 9.17) is 0 Å². The lowest BCUT2D eigenvalue weighted by atomic mass is 10.1. The van der Waals surface area contributed by atoms with Crippen LogP contribution >= 0.6 is 0 Å². The van der Waals surface area contributed by atoms with E-state index in [9.17, 15) is 45.5 Å². The van der Waals surface area contributed by atoms with Gasteiger partial charge < -0.3 is 10.6 Å². The Morgan fingerprint density at radius 2 is 1.00 bits per heavy atom. The van der Waals surface area contributed by atoms with Crippen LogP contribution in [0.25, 0.3) is 0 Å². The molecule has 16 heteroatoms. The minimum absolute atomic E-state index is 0.0183. The number of rotatable bonds is 11. The van der Waals surface area contributed by atoms with Gasteiger partial charge in [0.05, 0.1) is 11.4 Å². The highest BCUT2D eigenvalue weighted by atomic mass is 19.4. The minimum Gasteiger partial charge on any atom is -0.318 e. The van der Waals surface area contributed by atoms with Gasteiger partial charge in [-0.25, -0.2) is 10.9 Å². The Labute approximate surface area is 235 Å². The maximum absolute atomic E-state index is 12.4. The molecule has 0 saturated carbocycles. The first-order chi connectivity index (χ1) is 19.6. The molecule has 0 heterocycles. The summed E-state index contributed by atoms with van der Waals surface area (Å²) >= 11 is 0. The molecule has 0 unspecified atom stereocenters. The predicted molar refractivity (Wildman–Crippen MR) is 141 cm³/mol. The van der Waals surface area contributed by atoms with E-state index in [-0.39, 0.29) is 35.6 Å². The fraction of sp³-hybridized carbons (Fsp3) is 0.308. The molecular weight excluding hydrogens is 574 g/mol. The number of anilines is 2. The Kier molecular flexibility index (Phi) is 11.7. The molecule has 0 aliphatic carbocycles. The van der Waals surface area contributed by atoms with Gasteiger partial charge in [0.25, 0.3) is 0 Å². The van der Waals surface area contributed by atoms with Gasteiger partial charge in [-0.3, -0.25) is 19.2 Å². The van der Waals surface area contributed by atoms with Gasteiger partial charge >= 0.3 is 24.2 Å². The average molecular weight is 601 g/mol. The van der Waals surface area contributed by atoms with E-state index >= 15 is 0 Å². The normalized spacial score (nSPS) is 12.4. The van der Waals surface area contributed by atoms with Crippen LogP contribution in [0.15, 0.2) is 58.7 Å². The Balaban J connectivity index is 1.77. The molecule has 226 valence electrons. The Morgan fingerprint density at radius 3 is 1.33 bits per heavy atom. The number of hydrogen-bond donors (Lipinski definition) is 4. The largest absolute Gasteiger partial charge is 0.471 e. The minimum atomic E-state index is -5.04. The van der Waals surface area contributed by atoms with Crippen LogP contribution in [-0.4, -0.2) is 47.4 Å². The van der Waals surface area contributed by atoms with E-state index in [1.807, 2.05) is 0 Å². The van der Waals surface area contributed by atoms with Crippen molar-refractivity contribution >= 4 is 46.4 Å². The van der Waals surface area contributed by atoms with Crippen molar-refractivity contribution in [3.63, 3.8) is 0 Å². The first-order valence-corrected chi connectivity index (χ1v) is 12.2. The number of benzene rings is 2. The maximum Gasteiger partial charge on any atom is 0.471 e. The van der Waals surface area contributed by atoms with Crippen molar-refractivity contribution in [2.24, 2.45) is 10.2 Å². The number of unbranched alkanes of at least 4 members (excludes halogenated alkanes) is 1. The molecule has 2 aromatic rings. The van der Waals surface area contributed by atoms with Gasteiger partial charge in [-0.2, -0.15) is 36.5 Å². The number of nitrogens with zero attached hydrogens (tertiary/aromatic N) is 2. The molecule has 0 fully saturated rings. The van der Waals surface area contributed by atoms with Crippen LogP contribution in [0.1, 0.15) is 50.7 Å². The van der Waals surface area contributed by atoms with Crippen molar-refractivity contribution in [1.82, 2.24) is 10.9 Å². The topological polar surface area (TPSA) is 141 Å². The van der Waals surface area contributed by atoms with Gasteiger partial charge in [0.15, 0.2) is 0 Å². The van der Waals surface area contributed by atoms with E-state index in [1.54, 1.807) is 10.6 Å². The van der Waals surface area contributed by atoms with Gasteiger partial charge in [0.1, 0.15) is 0 Å². The monoisotopic (exact) mass is 600 g/mol. The van der Waals surface area contributed by atoms with E-state index < -0.39 is 36.0 Å². The van der Waals surface area contributed by atoms with Gasteiger partial charge in [-0.15, -0.1) is 0 Å². The second-order valence-corrected chi connectivity index (χ2v) is 8.74. The molecule has 10 nitrogen and oxygen atoms in total. The summed E-state index contributed by atoms with van der Waals surface area (Å²) in [5, 5.41) is 11.2. The van der Waals surface area contributed by atoms with E-state index in [0.29, 0.717) is 24.0 Å². The van der Waals surface area contributed by atoms with Gasteiger partial charge in [-0.1, -0.05) is 24.3 Å². The lowest BCUT2D eigenvalue weighted by molar-refractivity contribution is -0.167. The fourth-order valence-electron chi connectivity index (χ4n) is 3.15. The quantitative estimate of drug-likeness (QED) is 0.129. The number of nitrogens with one attached hydrogen (secondary N) is 4. The maximum atomic E-state index is 12.4. The van der Waals surface area contributed by atoms with Crippen molar-refractivity contribution in [3.05, 3.63) is 59.7 Å². The van der Waals surface area contributed by atoms with E-state index in [2.05, 4.69) is 21.1 Å². The van der Waals surface area contributed by atoms with Crippen LogP contribution in [0, 0.1) is 0 Å². The van der Waals surface area contributed by atoms with Crippen LogP contribution in [0.3, 0.4) is 0 Å². The molecule has 4 N–H and O–H groups in total. The number of hydrogen-bond acceptors (Lipinski definition) is 6. The standard InChI is InChI=1S/C26H26F6N6O4/c1-15(17-7-5-9-19(13-17)33-23(41)25(27,28)29)35-37-21(39)11-3-4-12-22(40)38-36-16(2)18-8-6-10-20(14-18)34-24(42)26(30,31)32/h5-10,13-14H,3-4,11-12H2,1-2H3,(H,33,41)(H,34,42)(H,37,39)(H,38,40). The molecule has 42 heavy (non-hydrogen) atoms. The number of halogens is 6. The smallest absolute Gasteiger partial charge is 0.318 e. The average Bonchev–Trinajstić information content (AvgIpc) is 2.92. The van der Waals surface area contributed by atoms with Crippen molar-refractivity contribution in [2.45, 2.75) is 51.9 Å². The highest BCUT2D eigenvalue weighted by molar-refractivity contribution is 6.02. The highest BCUT2D eigenvalue weighted by Gasteiger charge is 2.39. The summed E-state index contributed by atoms with van der Waals surface area (Å²) in [5.74, 6) is -5.18. The Bertz CT molecular complexity index is 1270. The van der Waals surface area contributed by atoms with Crippen molar-refractivity contribution in [2.75, 3.05) is 10.6 Å².